The van der Waals surface area contributed by atoms with Gasteiger partial charge in [-0.1, -0.05) is 18.2 Å². The summed E-state index contributed by atoms with van der Waals surface area (Å²) in [5.41, 5.74) is 0.689. The van der Waals surface area contributed by atoms with E-state index < -0.39 is 18.8 Å². The Hall–Kier alpha value is -2.55. The SMILES string of the molecule is CC(NC(=O)c1cccs1)C(=O)NCc1ccc(OCC(F)(F)F)cc1. The number of halogens is 3. The fourth-order valence-corrected chi connectivity index (χ4v) is 2.58. The van der Waals surface area contributed by atoms with Gasteiger partial charge in [0, 0.05) is 6.54 Å². The third-order valence-electron chi connectivity index (χ3n) is 3.28. The standard InChI is InChI=1S/C17H17F3N2O3S/c1-11(22-16(24)14-3-2-8-26-14)15(23)21-9-12-4-6-13(7-5-12)25-10-17(18,19)20/h2-8,11H,9-10H2,1H3,(H,21,23)(H,22,24). The Bertz CT molecular complexity index is 731. The normalized spacial score (nSPS) is 12.3. The highest BCUT2D eigenvalue weighted by atomic mass is 32.1. The number of thiophene rings is 1. The maximum Gasteiger partial charge on any atom is 0.422 e. The van der Waals surface area contributed by atoms with E-state index in [9.17, 15) is 22.8 Å². The van der Waals surface area contributed by atoms with Gasteiger partial charge < -0.3 is 15.4 Å². The summed E-state index contributed by atoms with van der Waals surface area (Å²) in [4.78, 5) is 24.4. The molecule has 1 heterocycles. The molecule has 2 aromatic rings. The van der Waals surface area contributed by atoms with Crippen LogP contribution in [0.1, 0.15) is 22.2 Å². The van der Waals surface area contributed by atoms with Gasteiger partial charge in [0.1, 0.15) is 11.8 Å². The summed E-state index contributed by atoms with van der Waals surface area (Å²) in [6.07, 6.45) is -4.39. The third kappa shape index (κ3) is 6.40. The summed E-state index contributed by atoms with van der Waals surface area (Å²) in [6, 6.07) is 8.59. The first-order valence-electron chi connectivity index (χ1n) is 7.65. The summed E-state index contributed by atoms with van der Waals surface area (Å²) < 4.78 is 40.9. The largest absolute Gasteiger partial charge is 0.484 e. The molecule has 0 aliphatic heterocycles. The number of alkyl halides is 3. The van der Waals surface area contributed by atoms with Crippen LogP contribution < -0.4 is 15.4 Å². The number of benzene rings is 1. The van der Waals surface area contributed by atoms with Crippen LogP contribution >= 0.6 is 11.3 Å². The van der Waals surface area contributed by atoms with Crippen LogP contribution in [0, 0.1) is 0 Å². The molecule has 0 bridgehead atoms. The molecule has 0 radical (unpaired) electrons. The van der Waals surface area contributed by atoms with Crippen LogP contribution in [-0.4, -0.2) is 30.6 Å². The lowest BCUT2D eigenvalue weighted by atomic mass is 10.2. The van der Waals surface area contributed by atoms with Gasteiger partial charge in [-0.25, -0.2) is 0 Å². The van der Waals surface area contributed by atoms with Crippen molar-refractivity contribution < 1.29 is 27.5 Å². The molecule has 1 atom stereocenters. The van der Waals surface area contributed by atoms with E-state index in [1.807, 2.05) is 0 Å². The first-order valence-corrected chi connectivity index (χ1v) is 8.53. The highest BCUT2D eigenvalue weighted by Crippen LogP contribution is 2.18. The number of hydrogen-bond donors (Lipinski definition) is 2. The van der Waals surface area contributed by atoms with Crippen molar-refractivity contribution in [2.75, 3.05) is 6.61 Å². The van der Waals surface area contributed by atoms with Crippen LogP contribution in [0.2, 0.25) is 0 Å². The predicted molar refractivity (Wildman–Crippen MR) is 91.1 cm³/mol. The molecule has 1 unspecified atom stereocenters. The molecule has 0 saturated heterocycles. The molecule has 5 nitrogen and oxygen atoms in total. The lowest BCUT2D eigenvalue weighted by molar-refractivity contribution is -0.153. The van der Waals surface area contributed by atoms with Crippen LogP contribution in [-0.2, 0) is 11.3 Å². The van der Waals surface area contributed by atoms with E-state index in [4.69, 9.17) is 0 Å². The van der Waals surface area contributed by atoms with Crippen LogP contribution in [0.25, 0.3) is 0 Å². The molecule has 0 saturated carbocycles. The van der Waals surface area contributed by atoms with E-state index >= 15 is 0 Å². The average molecular weight is 386 g/mol. The number of amides is 2. The van der Waals surface area contributed by atoms with Crippen LogP contribution in [0.5, 0.6) is 5.75 Å². The molecule has 26 heavy (non-hydrogen) atoms. The van der Waals surface area contributed by atoms with Crippen molar-refractivity contribution in [3.63, 3.8) is 0 Å². The zero-order valence-corrected chi connectivity index (χ0v) is 14.6. The molecule has 2 amide bonds. The smallest absolute Gasteiger partial charge is 0.422 e. The van der Waals surface area contributed by atoms with E-state index in [1.165, 1.54) is 23.5 Å². The quantitative estimate of drug-likeness (QED) is 0.768. The van der Waals surface area contributed by atoms with E-state index in [0.29, 0.717) is 10.4 Å². The Labute approximate surface area is 152 Å². The van der Waals surface area contributed by atoms with E-state index in [2.05, 4.69) is 15.4 Å². The van der Waals surface area contributed by atoms with E-state index in [-0.39, 0.29) is 24.1 Å². The van der Waals surface area contributed by atoms with Crippen LogP contribution in [0.3, 0.4) is 0 Å². The molecule has 2 N–H and O–H groups in total. The van der Waals surface area contributed by atoms with Gasteiger partial charge in [0.25, 0.3) is 5.91 Å². The third-order valence-corrected chi connectivity index (χ3v) is 4.15. The second-order valence-corrected chi connectivity index (χ2v) is 6.39. The van der Waals surface area contributed by atoms with Crippen molar-refractivity contribution in [2.45, 2.75) is 25.7 Å². The number of ether oxygens (including phenoxy) is 1. The van der Waals surface area contributed by atoms with E-state index in [1.54, 1.807) is 36.6 Å². The Balaban J connectivity index is 1.78. The van der Waals surface area contributed by atoms with Crippen molar-refractivity contribution >= 4 is 23.2 Å². The Kier molecular flexibility index (Phi) is 6.62. The molecule has 1 aromatic carbocycles. The first-order chi connectivity index (χ1) is 12.2. The lowest BCUT2D eigenvalue weighted by Crippen LogP contribution is -2.44. The van der Waals surface area contributed by atoms with Crippen molar-refractivity contribution in [1.29, 1.82) is 0 Å². The first kappa shape index (κ1) is 19.8. The molecule has 1 aromatic heterocycles. The highest BCUT2D eigenvalue weighted by Gasteiger charge is 2.28. The van der Waals surface area contributed by atoms with Crippen LogP contribution in [0.4, 0.5) is 13.2 Å². The van der Waals surface area contributed by atoms with Gasteiger partial charge in [0.05, 0.1) is 4.88 Å². The Morgan fingerprint density at radius 3 is 2.46 bits per heavy atom. The minimum absolute atomic E-state index is 0.0916. The molecule has 0 fully saturated rings. The molecule has 0 aliphatic rings. The zero-order valence-electron chi connectivity index (χ0n) is 13.8. The molecule has 0 aliphatic carbocycles. The number of carbonyl (C=O) groups is 2. The molecule has 0 spiro atoms. The second-order valence-electron chi connectivity index (χ2n) is 5.44. The average Bonchev–Trinajstić information content (AvgIpc) is 3.12. The summed E-state index contributed by atoms with van der Waals surface area (Å²) in [7, 11) is 0. The summed E-state index contributed by atoms with van der Waals surface area (Å²) >= 11 is 1.28. The second kappa shape index (κ2) is 8.70. The van der Waals surface area contributed by atoms with Gasteiger partial charge >= 0.3 is 6.18 Å². The van der Waals surface area contributed by atoms with Gasteiger partial charge in [0.15, 0.2) is 6.61 Å². The number of rotatable bonds is 7. The number of nitrogens with one attached hydrogen (secondary N) is 2. The van der Waals surface area contributed by atoms with Crippen molar-refractivity contribution in [2.24, 2.45) is 0 Å². The number of carbonyl (C=O) groups excluding carboxylic acids is 2. The predicted octanol–water partition coefficient (Wildman–Crippen LogP) is 3.12. The molecule has 140 valence electrons. The van der Waals surface area contributed by atoms with Gasteiger partial charge in [-0.3, -0.25) is 9.59 Å². The molecular formula is C17H17F3N2O3S. The van der Waals surface area contributed by atoms with Crippen LogP contribution in [0.15, 0.2) is 41.8 Å². The fourth-order valence-electron chi connectivity index (χ4n) is 1.95. The number of hydrogen-bond acceptors (Lipinski definition) is 4. The van der Waals surface area contributed by atoms with Crippen molar-refractivity contribution in [3.8, 4) is 5.75 Å². The van der Waals surface area contributed by atoms with E-state index in [0.717, 1.165) is 0 Å². The van der Waals surface area contributed by atoms with Crippen molar-refractivity contribution in [1.82, 2.24) is 10.6 Å². The highest BCUT2D eigenvalue weighted by molar-refractivity contribution is 7.12. The zero-order chi connectivity index (χ0) is 19.2. The topological polar surface area (TPSA) is 67.4 Å². The maximum atomic E-state index is 12.1. The van der Waals surface area contributed by atoms with Gasteiger partial charge in [-0.2, -0.15) is 13.2 Å². The summed E-state index contributed by atoms with van der Waals surface area (Å²) in [5.74, 6) is -0.602. The molecule has 2 rings (SSSR count). The van der Waals surface area contributed by atoms with Gasteiger partial charge in [-0.15, -0.1) is 11.3 Å². The molecule has 9 heteroatoms. The minimum atomic E-state index is -4.39. The van der Waals surface area contributed by atoms with Gasteiger partial charge in [-0.05, 0) is 36.1 Å². The summed E-state index contributed by atoms with van der Waals surface area (Å²) in [6.45, 7) is 0.386. The monoisotopic (exact) mass is 386 g/mol. The summed E-state index contributed by atoms with van der Waals surface area (Å²) in [5, 5.41) is 7.01. The molecular weight excluding hydrogens is 369 g/mol. The van der Waals surface area contributed by atoms with Gasteiger partial charge in [0.2, 0.25) is 5.91 Å². The fraction of sp³-hybridized carbons (Fsp3) is 0.294. The Morgan fingerprint density at radius 1 is 1.19 bits per heavy atom. The Morgan fingerprint density at radius 2 is 1.88 bits per heavy atom. The maximum absolute atomic E-state index is 12.1. The minimum Gasteiger partial charge on any atom is -0.484 e. The lowest BCUT2D eigenvalue weighted by Gasteiger charge is -2.14. The van der Waals surface area contributed by atoms with Crippen molar-refractivity contribution in [3.05, 3.63) is 52.2 Å².